The molecule has 0 N–H and O–H groups in total. The van der Waals surface area contributed by atoms with Crippen molar-refractivity contribution in [1.82, 2.24) is 0 Å². The summed E-state index contributed by atoms with van der Waals surface area (Å²) in [5.74, 6) is 3.01. The predicted molar refractivity (Wildman–Crippen MR) is 54.7 cm³/mol. The Kier molecular flexibility index (Phi) is 10.1. The van der Waals surface area contributed by atoms with Crippen molar-refractivity contribution in [3.63, 3.8) is 0 Å². The third-order valence-corrected chi connectivity index (χ3v) is 2.00. The van der Waals surface area contributed by atoms with E-state index < -0.39 is 0 Å². The highest BCUT2D eigenvalue weighted by atomic mass is 79.9. The fourth-order valence-electron chi connectivity index (χ4n) is 1.04. The van der Waals surface area contributed by atoms with Gasteiger partial charge in [-0.15, -0.1) is 0 Å². The van der Waals surface area contributed by atoms with Gasteiger partial charge < -0.3 is 0 Å². The van der Waals surface area contributed by atoms with Crippen LogP contribution in [0.4, 0.5) is 0 Å². The quantitative estimate of drug-likeness (QED) is 0.464. The Hall–Kier alpha value is 0.0400. The van der Waals surface area contributed by atoms with E-state index in [2.05, 4.69) is 33.6 Å². The zero-order chi connectivity index (χ0) is 8.36. The standard InChI is InChI=1S/C10H17Br/c1-2-3-4-5-6-7-8-9-10-11/h2-8H2,1H3. The lowest BCUT2D eigenvalue weighted by Crippen LogP contribution is -1.77. The van der Waals surface area contributed by atoms with E-state index in [9.17, 15) is 0 Å². The maximum Gasteiger partial charge on any atom is 0.0106 e. The molecule has 0 aromatic rings. The molecule has 0 bridgehead atoms. The summed E-state index contributed by atoms with van der Waals surface area (Å²) in [5.41, 5.74) is 0. The second kappa shape index (κ2) is 10.0. The van der Waals surface area contributed by atoms with Crippen molar-refractivity contribution in [2.24, 2.45) is 0 Å². The number of hydrogen-bond acceptors (Lipinski definition) is 0. The number of rotatable bonds is 6. The normalized spacial score (nSPS) is 8.91. The summed E-state index contributed by atoms with van der Waals surface area (Å²) in [7, 11) is 0. The molecule has 0 radical (unpaired) electrons. The third kappa shape index (κ3) is 10.0. The predicted octanol–water partition coefficient (Wildman–Crippen LogP) is 4.09. The molecule has 0 aromatic carbocycles. The summed E-state index contributed by atoms with van der Waals surface area (Å²) in [6.07, 6.45) is 9.18. The Morgan fingerprint density at radius 2 is 1.64 bits per heavy atom. The van der Waals surface area contributed by atoms with Crippen LogP contribution in [0.25, 0.3) is 0 Å². The van der Waals surface area contributed by atoms with Crippen LogP contribution in [-0.4, -0.2) is 0 Å². The lowest BCUT2D eigenvalue weighted by Gasteiger charge is -1.96. The summed E-state index contributed by atoms with van der Waals surface area (Å²) in [5, 5.41) is 0. The van der Waals surface area contributed by atoms with Crippen LogP contribution in [0.1, 0.15) is 51.9 Å². The smallest absolute Gasteiger partial charge is 0.0106 e. The van der Waals surface area contributed by atoms with Gasteiger partial charge in [0.1, 0.15) is 0 Å². The SMILES string of the molecule is CCCCCCCCC#CBr. The van der Waals surface area contributed by atoms with E-state index in [4.69, 9.17) is 0 Å². The molecule has 1 heteroatoms. The van der Waals surface area contributed by atoms with E-state index in [0.29, 0.717) is 0 Å². The minimum absolute atomic E-state index is 1.05. The molecule has 0 heterocycles. The van der Waals surface area contributed by atoms with Crippen LogP contribution >= 0.6 is 15.9 Å². The molecule has 0 saturated carbocycles. The van der Waals surface area contributed by atoms with Crippen molar-refractivity contribution >= 4 is 15.9 Å². The second-order valence-electron chi connectivity index (χ2n) is 2.79. The van der Waals surface area contributed by atoms with Crippen LogP contribution in [0.3, 0.4) is 0 Å². The molecule has 64 valence electrons. The molecule has 0 spiro atoms. The van der Waals surface area contributed by atoms with Crippen LogP contribution in [0.15, 0.2) is 0 Å². The zero-order valence-electron chi connectivity index (χ0n) is 7.33. The lowest BCUT2D eigenvalue weighted by atomic mass is 10.1. The minimum Gasteiger partial charge on any atom is -0.0908 e. The van der Waals surface area contributed by atoms with Gasteiger partial charge in [-0.3, -0.25) is 0 Å². The molecule has 0 unspecified atom stereocenters. The molecule has 0 aliphatic carbocycles. The van der Waals surface area contributed by atoms with Crippen molar-refractivity contribution in [3.05, 3.63) is 0 Å². The van der Waals surface area contributed by atoms with E-state index in [1.165, 1.54) is 38.5 Å². The first-order chi connectivity index (χ1) is 5.41. The lowest BCUT2D eigenvalue weighted by molar-refractivity contribution is 0.614. The number of unbranched alkanes of at least 4 members (excludes halogenated alkanes) is 6. The average Bonchev–Trinajstić information content (AvgIpc) is 2.03. The Labute approximate surface area is 78.9 Å². The zero-order valence-corrected chi connectivity index (χ0v) is 8.91. The van der Waals surface area contributed by atoms with Gasteiger partial charge in [-0.2, -0.15) is 0 Å². The summed E-state index contributed by atoms with van der Waals surface area (Å²) in [6, 6.07) is 0. The minimum atomic E-state index is 1.05. The van der Waals surface area contributed by atoms with Crippen molar-refractivity contribution in [2.75, 3.05) is 0 Å². The highest BCUT2D eigenvalue weighted by Gasteiger charge is 1.87. The van der Waals surface area contributed by atoms with Gasteiger partial charge in [-0.1, -0.05) is 44.9 Å². The molecule has 0 saturated heterocycles. The maximum absolute atomic E-state index is 3.08. The van der Waals surface area contributed by atoms with E-state index in [-0.39, 0.29) is 0 Å². The summed E-state index contributed by atoms with van der Waals surface area (Å²) < 4.78 is 0. The Morgan fingerprint density at radius 1 is 1.00 bits per heavy atom. The highest BCUT2D eigenvalue weighted by molar-refractivity contribution is 9.12. The number of halogens is 1. The third-order valence-electron chi connectivity index (χ3n) is 1.72. The van der Waals surface area contributed by atoms with Crippen molar-refractivity contribution < 1.29 is 0 Å². The Bertz CT molecular complexity index is 119. The highest BCUT2D eigenvalue weighted by Crippen LogP contribution is 2.05. The van der Waals surface area contributed by atoms with Crippen molar-refractivity contribution in [2.45, 2.75) is 51.9 Å². The van der Waals surface area contributed by atoms with Gasteiger partial charge in [0.05, 0.1) is 0 Å². The van der Waals surface area contributed by atoms with Gasteiger partial charge >= 0.3 is 0 Å². The molecule has 0 fully saturated rings. The second-order valence-corrected chi connectivity index (χ2v) is 3.19. The van der Waals surface area contributed by atoms with Crippen LogP contribution in [-0.2, 0) is 0 Å². The molecule has 0 atom stereocenters. The van der Waals surface area contributed by atoms with Gasteiger partial charge in [0.25, 0.3) is 0 Å². The maximum atomic E-state index is 3.08. The molecule has 0 aromatic heterocycles. The fraction of sp³-hybridized carbons (Fsp3) is 0.800. The van der Waals surface area contributed by atoms with Gasteiger partial charge in [-0.25, -0.2) is 0 Å². The van der Waals surface area contributed by atoms with Crippen molar-refractivity contribution in [3.8, 4) is 10.8 Å². The van der Waals surface area contributed by atoms with E-state index in [0.717, 1.165) is 6.42 Å². The van der Waals surface area contributed by atoms with Crippen molar-refractivity contribution in [1.29, 1.82) is 0 Å². The molecular weight excluding hydrogens is 200 g/mol. The van der Waals surface area contributed by atoms with Gasteiger partial charge in [-0.05, 0) is 11.3 Å². The monoisotopic (exact) mass is 216 g/mol. The molecule has 0 aliphatic rings. The van der Waals surface area contributed by atoms with Crippen LogP contribution in [0.5, 0.6) is 0 Å². The van der Waals surface area contributed by atoms with E-state index >= 15 is 0 Å². The van der Waals surface area contributed by atoms with Crippen LogP contribution in [0, 0.1) is 10.8 Å². The first-order valence-corrected chi connectivity index (χ1v) is 5.29. The molecule has 0 nitrogen and oxygen atoms in total. The van der Waals surface area contributed by atoms with Gasteiger partial charge in [0.2, 0.25) is 0 Å². The van der Waals surface area contributed by atoms with E-state index in [1.807, 2.05) is 0 Å². The largest absolute Gasteiger partial charge is 0.0908 e. The number of hydrogen-bond donors (Lipinski definition) is 0. The summed E-state index contributed by atoms with van der Waals surface area (Å²) >= 11 is 3.08. The molecule has 0 rings (SSSR count). The first kappa shape index (κ1) is 11.0. The molecule has 0 amide bonds. The average molecular weight is 217 g/mol. The van der Waals surface area contributed by atoms with Crippen LogP contribution < -0.4 is 0 Å². The Balaban J connectivity index is 2.83. The topological polar surface area (TPSA) is 0 Å². The molecule has 11 heavy (non-hydrogen) atoms. The first-order valence-electron chi connectivity index (χ1n) is 4.50. The molecule has 0 aliphatic heterocycles. The molecular formula is C10H17Br. The summed E-state index contributed by atoms with van der Waals surface area (Å²) in [6.45, 7) is 2.25. The van der Waals surface area contributed by atoms with Gasteiger partial charge in [0.15, 0.2) is 0 Å². The fourth-order valence-corrected chi connectivity index (χ4v) is 1.24. The summed E-state index contributed by atoms with van der Waals surface area (Å²) in [4.78, 5) is 2.73. The van der Waals surface area contributed by atoms with Crippen LogP contribution in [0.2, 0.25) is 0 Å². The Morgan fingerprint density at radius 3 is 2.27 bits per heavy atom. The van der Waals surface area contributed by atoms with E-state index in [1.54, 1.807) is 0 Å². The van der Waals surface area contributed by atoms with Gasteiger partial charge in [0, 0.05) is 22.4 Å².